The summed E-state index contributed by atoms with van der Waals surface area (Å²) in [5.74, 6) is 1.63. The van der Waals surface area contributed by atoms with Gasteiger partial charge in [-0.1, -0.05) is 12.1 Å². The molecule has 3 aromatic rings. The van der Waals surface area contributed by atoms with Crippen LogP contribution < -0.4 is 14.9 Å². The molecule has 0 aliphatic heterocycles. The van der Waals surface area contributed by atoms with Crippen LogP contribution in [0.3, 0.4) is 0 Å². The molecule has 7 heteroatoms. The van der Waals surface area contributed by atoms with Crippen molar-refractivity contribution in [3.05, 3.63) is 82.6 Å². The average Bonchev–Trinajstić information content (AvgIpc) is 3.06. The number of ether oxygens (including phenoxy) is 2. The van der Waals surface area contributed by atoms with Gasteiger partial charge in [0.25, 0.3) is 5.91 Å². The standard InChI is InChI=1S/C22H21FN2O4/c1-14-10-19(15(2)29-14)22(26)25-24-12-17-6-9-20(21(11-17)27-3)28-13-16-4-7-18(23)8-5-16/h4-12H,13H2,1-3H3,(H,25,26)/b24-12-. The maximum atomic E-state index is 13.0. The fourth-order valence-corrected chi connectivity index (χ4v) is 2.71. The molecular formula is C22H21FN2O4. The Morgan fingerprint density at radius 3 is 2.55 bits per heavy atom. The number of hydrogen-bond donors (Lipinski definition) is 1. The third kappa shape index (κ3) is 5.22. The number of carbonyl (C=O) groups excluding carboxylic acids is 1. The number of aryl methyl sites for hydroxylation is 2. The van der Waals surface area contributed by atoms with E-state index < -0.39 is 0 Å². The van der Waals surface area contributed by atoms with Gasteiger partial charge in [-0.2, -0.15) is 5.10 Å². The predicted molar refractivity (Wildman–Crippen MR) is 107 cm³/mol. The minimum Gasteiger partial charge on any atom is -0.493 e. The summed E-state index contributed by atoms with van der Waals surface area (Å²) in [5, 5.41) is 3.98. The van der Waals surface area contributed by atoms with Crippen LogP contribution in [0.1, 0.15) is 33.0 Å². The predicted octanol–water partition coefficient (Wildman–Crippen LogP) is 4.39. The molecule has 0 spiro atoms. The molecule has 0 atom stereocenters. The number of halogens is 1. The first-order valence-corrected chi connectivity index (χ1v) is 8.92. The van der Waals surface area contributed by atoms with Gasteiger partial charge in [-0.15, -0.1) is 0 Å². The molecule has 3 rings (SSSR count). The lowest BCUT2D eigenvalue weighted by Gasteiger charge is -2.11. The Balaban J connectivity index is 1.63. The van der Waals surface area contributed by atoms with E-state index in [4.69, 9.17) is 13.9 Å². The minimum absolute atomic E-state index is 0.281. The number of rotatable bonds is 7. The van der Waals surface area contributed by atoms with Gasteiger partial charge in [-0.05, 0) is 61.4 Å². The molecule has 6 nitrogen and oxygen atoms in total. The zero-order valence-electron chi connectivity index (χ0n) is 16.4. The number of hydrazone groups is 1. The molecule has 1 aromatic heterocycles. The van der Waals surface area contributed by atoms with E-state index in [0.29, 0.717) is 28.6 Å². The van der Waals surface area contributed by atoms with Gasteiger partial charge >= 0.3 is 0 Å². The molecule has 0 aliphatic carbocycles. The summed E-state index contributed by atoms with van der Waals surface area (Å²) in [6.07, 6.45) is 1.51. The fraction of sp³-hybridized carbons (Fsp3) is 0.182. The molecule has 1 amide bonds. The number of nitrogens with one attached hydrogen (secondary N) is 1. The van der Waals surface area contributed by atoms with Crippen LogP contribution in [0, 0.1) is 19.7 Å². The topological polar surface area (TPSA) is 73.1 Å². The molecule has 0 bridgehead atoms. The first kappa shape index (κ1) is 20.1. The summed E-state index contributed by atoms with van der Waals surface area (Å²) in [6, 6.07) is 13.0. The maximum Gasteiger partial charge on any atom is 0.274 e. The van der Waals surface area contributed by atoms with Crippen LogP contribution in [0.4, 0.5) is 4.39 Å². The monoisotopic (exact) mass is 396 g/mol. The highest BCUT2D eigenvalue weighted by molar-refractivity contribution is 5.95. The Kier molecular flexibility index (Phi) is 6.29. The van der Waals surface area contributed by atoms with Crippen LogP contribution >= 0.6 is 0 Å². The Morgan fingerprint density at radius 2 is 1.90 bits per heavy atom. The van der Waals surface area contributed by atoms with E-state index in [1.807, 2.05) is 0 Å². The Morgan fingerprint density at radius 1 is 1.14 bits per heavy atom. The second-order valence-electron chi connectivity index (χ2n) is 6.35. The molecule has 0 aliphatic rings. The van der Waals surface area contributed by atoms with Gasteiger partial charge in [-0.3, -0.25) is 4.79 Å². The molecule has 1 N–H and O–H groups in total. The summed E-state index contributed by atoms with van der Waals surface area (Å²) < 4.78 is 29.4. The molecule has 0 radical (unpaired) electrons. The molecule has 29 heavy (non-hydrogen) atoms. The summed E-state index contributed by atoms with van der Waals surface area (Å²) >= 11 is 0. The van der Waals surface area contributed by atoms with Gasteiger partial charge in [0.15, 0.2) is 11.5 Å². The van der Waals surface area contributed by atoms with Crippen LogP contribution in [-0.4, -0.2) is 19.2 Å². The Hall–Kier alpha value is -3.61. The smallest absolute Gasteiger partial charge is 0.274 e. The third-order valence-corrected chi connectivity index (χ3v) is 4.16. The van der Waals surface area contributed by atoms with E-state index in [9.17, 15) is 9.18 Å². The van der Waals surface area contributed by atoms with Crippen LogP contribution in [-0.2, 0) is 6.61 Å². The summed E-state index contributed by atoms with van der Waals surface area (Å²) in [6.45, 7) is 3.78. The van der Waals surface area contributed by atoms with Crippen LogP contribution in [0.15, 0.2) is 58.0 Å². The van der Waals surface area contributed by atoms with Crippen molar-refractivity contribution in [1.82, 2.24) is 5.43 Å². The van der Waals surface area contributed by atoms with Crippen LogP contribution in [0.25, 0.3) is 0 Å². The van der Waals surface area contributed by atoms with Gasteiger partial charge in [0.2, 0.25) is 0 Å². The van der Waals surface area contributed by atoms with Crippen molar-refractivity contribution >= 4 is 12.1 Å². The normalized spacial score (nSPS) is 10.9. The van der Waals surface area contributed by atoms with Crippen molar-refractivity contribution in [1.29, 1.82) is 0 Å². The van der Waals surface area contributed by atoms with Crippen molar-refractivity contribution in [3.63, 3.8) is 0 Å². The zero-order valence-corrected chi connectivity index (χ0v) is 16.4. The highest BCUT2D eigenvalue weighted by Crippen LogP contribution is 2.28. The zero-order chi connectivity index (χ0) is 20.8. The van der Waals surface area contributed by atoms with Gasteiger partial charge in [0, 0.05) is 0 Å². The van der Waals surface area contributed by atoms with E-state index in [1.54, 1.807) is 50.2 Å². The molecule has 0 saturated heterocycles. The number of methoxy groups -OCH3 is 1. The molecule has 0 unspecified atom stereocenters. The van der Waals surface area contributed by atoms with E-state index >= 15 is 0 Å². The molecule has 0 fully saturated rings. The second-order valence-corrected chi connectivity index (χ2v) is 6.35. The number of furan rings is 1. The first-order valence-electron chi connectivity index (χ1n) is 8.92. The molecule has 150 valence electrons. The lowest BCUT2D eigenvalue weighted by Crippen LogP contribution is -2.17. The van der Waals surface area contributed by atoms with Crippen LogP contribution in [0.2, 0.25) is 0 Å². The highest BCUT2D eigenvalue weighted by Gasteiger charge is 2.12. The summed E-state index contributed by atoms with van der Waals surface area (Å²) in [5.41, 5.74) is 4.48. The van der Waals surface area contributed by atoms with Crippen molar-refractivity contribution in [3.8, 4) is 11.5 Å². The number of carbonyl (C=O) groups is 1. The minimum atomic E-state index is -0.346. The summed E-state index contributed by atoms with van der Waals surface area (Å²) in [4.78, 5) is 12.1. The SMILES string of the molecule is COc1cc(/C=N\NC(=O)c2cc(C)oc2C)ccc1OCc1ccc(F)cc1. The lowest BCUT2D eigenvalue weighted by molar-refractivity contribution is 0.0953. The Bertz CT molecular complexity index is 1030. The van der Waals surface area contributed by atoms with E-state index in [-0.39, 0.29) is 18.3 Å². The average molecular weight is 396 g/mol. The number of hydrogen-bond acceptors (Lipinski definition) is 5. The van der Waals surface area contributed by atoms with Crippen molar-refractivity contribution in [2.75, 3.05) is 7.11 Å². The maximum absolute atomic E-state index is 13.0. The third-order valence-electron chi connectivity index (χ3n) is 4.16. The van der Waals surface area contributed by atoms with Crippen molar-refractivity contribution < 1.29 is 23.1 Å². The van der Waals surface area contributed by atoms with Crippen LogP contribution in [0.5, 0.6) is 11.5 Å². The van der Waals surface area contributed by atoms with Gasteiger partial charge in [-0.25, -0.2) is 9.82 Å². The van der Waals surface area contributed by atoms with Gasteiger partial charge < -0.3 is 13.9 Å². The van der Waals surface area contributed by atoms with Gasteiger partial charge in [0.1, 0.15) is 23.9 Å². The molecule has 0 saturated carbocycles. The number of nitrogens with zero attached hydrogens (tertiary/aromatic N) is 1. The molecule has 2 aromatic carbocycles. The second kappa shape index (κ2) is 9.05. The molecular weight excluding hydrogens is 375 g/mol. The van der Waals surface area contributed by atoms with Gasteiger partial charge in [0.05, 0.1) is 18.9 Å². The van der Waals surface area contributed by atoms with E-state index in [1.165, 1.54) is 25.5 Å². The number of amides is 1. The number of benzene rings is 2. The fourth-order valence-electron chi connectivity index (χ4n) is 2.71. The Labute approximate surface area is 167 Å². The lowest BCUT2D eigenvalue weighted by atomic mass is 10.2. The quantitative estimate of drug-likeness (QED) is 0.475. The van der Waals surface area contributed by atoms with E-state index in [0.717, 1.165) is 11.1 Å². The van der Waals surface area contributed by atoms with Crippen molar-refractivity contribution in [2.24, 2.45) is 5.10 Å². The van der Waals surface area contributed by atoms with Crippen molar-refractivity contribution in [2.45, 2.75) is 20.5 Å². The first-order chi connectivity index (χ1) is 14.0. The largest absolute Gasteiger partial charge is 0.493 e. The highest BCUT2D eigenvalue weighted by atomic mass is 19.1. The summed E-state index contributed by atoms with van der Waals surface area (Å²) in [7, 11) is 1.53. The van der Waals surface area contributed by atoms with E-state index in [2.05, 4.69) is 10.5 Å². The molecule has 1 heterocycles.